The lowest BCUT2D eigenvalue weighted by atomic mass is 9.97. The van der Waals surface area contributed by atoms with Gasteiger partial charge < -0.3 is 10.4 Å². The zero-order valence-electron chi connectivity index (χ0n) is 10.8. The summed E-state index contributed by atoms with van der Waals surface area (Å²) in [6.45, 7) is 0.604. The lowest BCUT2D eigenvalue weighted by molar-refractivity contribution is 0.0951. The van der Waals surface area contributed by atoms with Crippen LogP contribution in [0.2, 0.25) is 5.02 Å². The molecule has 2 rings (SSSR count). The van der Waals surface area contributed by atoms with Gasteiger partial charge in [0, 0.05) is 11.6 Å². The van der Waals surface area contributed by atoms with Crippen molar-refractivity contribution in [2.24, 2.45) is 0 Å². The topological polar surface area (TPSA) is 49.3 Å². The summed E-state index contributed by atoms with van der Waals surface area (Å²) in [4.78, 5) is 11.9. The monoisotopic (exact) mass is 279 g/mol. The third kappa shape index (κ3) is 4.00. The first kappa shape index (κ1) is 13.9. The van der Waals surface area contributed by atoms with Gasteiger partial charge in [0.15, 0.2) is 0 Å². The van der Waals surface area contributed by atoms with Gasteiger partial charge in [-0.15, -0.1) is 0 Å². The number of hydrogen-bond donors (Lipinski definition) is 2. The summed E-state index contributed by atoms with van der Waals surface area (Å²) in [7, 11) is 0. The Bertz CT molecular complexity index is 497. The zero-order chi connectivity index (χ0) is 13.7. The molecule has 4 heteroatoms. The Hall–Kier alpha value is -1.48. The van der Waals surface area contributed by atoms with E-state index >= 15 is 0 Å². The van der Waals surface area contributed by atoms with Gasteiger partial charge in [0.05, 0.1) is 5.56 Å². The number of hydrogen-bond acceptors (Lipinski definition) is 2. The van der Waals surface area contributed by atoms with Gasteiger partial charge >= 0.3 is 0 Å². The molecule has 0 spiro atoms. The average molecular weight is 280 g/mol. The highest BCUT2D eigenvalue weighted by molar-refractivity contribution is 6.30. The summed E-state index contributed by atoms with van der Waals surface area (Å²) < 4.78 is 0. The first-order valence-corrected chi connectivity index (χ1v) is 6.99. The van der Waals surface area contributed by atoms with Gasteiger partial charge in [0.1, 0.15) is 5.75 Å². The van der Waals surface area contributed by atoms with Crippen LogP contribution in [-0.2, 0) is 0 Å². The number of carbonyl (C=O) groups is 1. The first-order chi connectivity index (χ1) is 9.16. The van der Waals surface area contributed by atoms with E-state index in [1.54, 1.807) is 6.07 Å². The van der Waals surface area contributed by atoms with E-state index in [1.807, 2.05) is 0 Å². The fraction of sp³-hybridized carbons (Fsp3) is 0.400. The highest BCUT2D eigenvalue weighted by Gasteiger charge is 2.11. The van der Waals surface area contributed by atoms with Crippen LogP contribution in [-0.4, -0.2) is 17.6 Å². The summed E-state index contributed by atoms with van der Waals surface area (Å²) in [5.74, 6) is -0.340. The fourth-order valence-corrected chi connectivity index (χ4v) is 2.43. The molecule has 0 heterocycles. The summed E-state index contributed by atoms with van der Waals surface area (Å²) >= 11 is 5.73. The van der Waals surface area contributed by atoms with Crippen molar-refractivity contribution in [3.63, 3.8) is 0 Å². The molecule has 0 saturated carbocycles. The van der Waals surface area contributed by atoms with Crippen LogP contribution in [0.4, 0.5) is 0 Å². The van der Waals surface area contributed by atoms with Crippen molar-refractivity contribution in [1.29, 1.82) is 0 Å². The van der Waals surface area contributed by atoms with E-state index < -0.39 is 0 Å². The molecular weight excluding hydrogens is 262 g/mol. The van der Waals surface area contributed by atoms with Crippen molar-refractivity contribution in [1.82, 2.24) is 5.32 Å². The van der Waals surface area contributed by atoms with E-state index in [-0.39, 0.29) is 17.2 Å². The van der Waals surface area contributed by atoms with Gasteiger partial charge in [-0.2, -0.15) is 0 Å². The predicted molar refractivity (Wildman–Crippen MR) is 76.6 cm³/mol. The van der Waals surface area contributed by atoms with Crippen LogP contribution < -0.4 is 5.32 Å². The van der Waals surface area contributed by atoms with Crippen LogP contribution in [0, 0.1) is 0 Å². The van der Waals surface area contributed by atoms with Crippen LogP contribution >= 0.6 is 11.6 Å². The van der Waals surface area contributed by atoms with Crippen molar-refractivity contribution in [2.45, 2.75) is 32.1 Å². The predicted octanol–water partition coefficient (Wildman–Crippen LogP) is 3.67. The molecule has 102 valence electrons. The van der Waals surface area contributed by atoms with Gasteiger partial charge in [-0.3, -0.25) is 4.79 Å². The molecule has 0 unspecified atom stereocenters. The zero-order valence-corrected chi connectivity index (χ0v) is 11.5. The summed E-state index contributed by atoms with van der Waals surface area (Å²) in [5.41, 5.74) is 1.69. The molecule has 19 heavy (non-hydrogen) atoms. The summed E-state index contributed by atoms with van der Waals surface area (Å²) in [6.07, 6.45) is 7.98. The van der Waals surface area contributed by atoms with E-state index in [0.29, 0.717) is 11.6 Å². The van der Waals surface area contributed by atoms with Crippen LogP contribution in [0.1, 0.15) is 42.5 Å². The van der Waals surface area contributed by atoms with Crippen LogP contribution in [0.15, 0.2) is 29.8 Å². The maximum absolute atomic E-state index is 11.9. The summed E-state index contributed by atoms with van der Waals surface area (Å²) in [6, 6.07) is 4.51. The number of halogens is 1. The number of carbonyl (C=O) groups excluding carboxylic acids is 1. The molecule has 0 saturated heterocycles. The smallest absolute Gasteiger partial charge is 0.255 e. The normalized spacial score (nSPS) is 14.9. The second kappa shape index (κ2) is 6.62. The number of aromatic hydroxyl groups is 1. The average Bonchev–Trinajstić information content (AvgIpc) is 2.39. The molecule has 1 amide bonds. The Morgan fingerprint density at radius 2 is 2.21 bits per heavy atom. The standard InChI is InChI=1S/C15H18ClNO2/c16-12-6-7-13(14(18)10-12)15(19)17-9-8-11-4-2-1-3-5-11/h4,6-7,10,18H,1-3,5,8-9H2,(H,17,19). The number of nitrogens with one attached hydrogen (secondary N) is 1. The number of amides is 1. The number of phenols is 1. The number of rotatable bonds is 4. The molecular formula is C15H18ClNO2. The molecule has 0 aliphatic heterocycles. The number of allylic oxidation sites excluding steroid dienone is 1. The third-order valence-corrected chi connectivity index (χ3v) is 3.56. The lowest BCUT2D eigenvalue weighted by Crippen LogP contribution is -2.24. The molecule has 0 atom stereocenters. The van der Waals surface area contributed by atoms with Crippen molar-refractivity contribution >= 4 is 17.5 Å². The van der Waals surface area contributed by atoms with E-state index in [9.17, 15) is 9.90 Å². The molecule has 2 N–H and O–H groups in total. The van der Waals surface area contributed by atoms with Gasteiger partial charge in [-0.05, 0) is 50.3 Å². The van der Waals surface area contributed by atoms with Gasteiger partial charge in [0.2, 0.25) is 0 Å². The quantitative estimate of drug-likeness (QED) is 0.826. The Morgan fingerprint density at radius 1 is 1.37 bits per heavy atom. The van der Waals surface area contributed by atoms with E-state index in [2.05, 4.69) is 11.4 Å². The first-order valence-electron chi connectivity index (χ1n) is 6.61. The molecule has 1 aliphatic rings. The van der Waals surface area contributed by atoms with Crippen molar-refractivity contribution in [3.05, 3.63) is 40.4 Å². The maximum Gasteiger partial charge on any atom is 0.255 e. The van der Waals surface area contributed by atoms with Crippen molar-refractivity contribution in [2.75, 3.05) is 6.54 Å². The molecule has 1 aromatic carbocycles. The Labute approximate surface area is 118 Å². The van der Waals surface area contributed by atoms with Gasteiger partial charge in [-0.1, -0.05) is 23.3 Å². The van der Waals surface area contributed by atoms with Crippen molar-refractivity contribution < 1.29 is 9.90 Å². The lowest BCUT2D eigenvalue weighted by Gasteiger charge is -2.13. The fourth-order valence-electron chi connectivity index (χ4n) is 2.26. The molecule has 0 fully saturated rings. The van der Waals surface area contributed by atoms with E-state index in [4.69, 9.17) is 11.6 Å². The Morgan fingerprint density at radius 3 is 2.89 bits per heavy atom. The van der Waals surface area contributed by atoms with Crippen LogP contribution in [0.25, 0.3) is 0 Å². The SMILES string of the molecule is O=C(NCCC1=CCCCC1)c1ccc(Cl)cc1O. The highest BCUT2D eigenvalue weighted by Crippen LogP contribution is 2.22. The van der Waals surface area contributed by atoms with Crippen LogP contribution in [0.5, 0.6) is 5.75 Å². The van der Waals surface area contributed by atoms with Gasteiger partial charge in [0.25, 0.3) is 5.91 Å². The maximum atomic E-state index is 11.9. The van der Waals surface area contributed by atoms with Gasteiger partial charge in [-0.25, -0.2) is 0 Å². The Balaban J connectivity index is 1.85. The molecule has 0 aromatic heterocycles. The minimum absolute atomic E-state index is 0.0816. The largest absolute Gasteiger partial charge is 0.507 e. The second-order valence-electron chi connectivity index (χ2n) is 4.78. The molecule has 1 aliphatic carbocycles. The van der Waals surface area contributed by atoms with E-state index in [0.717, 1.165) is 19.3 Å². The second-order valence-corrected chi connectivity index (χ2v) is 5.21. The van der Waals surface area contributed by atoms with Crippen molar-refractivity contribution in [3.8, 4) is 5.75 Å². The number of phenolic OH excluding ortho intramolecular Hbond substituents is 1. The highest BCUT2D eigenvalue weighted by atomic mass is 35.5. The minimum atomic E-state index is -0.259. The third-order valence-electron chi connectivity index (χ3n) is 3.32. The number of benzene rings is 1. The molecule has 1 aromatic rings. The Kier molecular flexibility index (Phi) is 4.86. The molecule has 0 bridgehead atoms. The van der Waals surface area contributed by atoms with Crippen LogP contribution in [0.3, 0.4) is 0 Å². The minimum Gasteiger partial charge on any atom is -0.507 e. The molecule has 0 radical (unpaired) electrons. The molecule has 3 nitrogen and oxygen atoms in total. The van der Waals surface area contributed by atoms with E-state index in [1.165, 1.54) is 30.5 Å². The summed E-state index contributed by atoms with van der Waals surface area (Å²) in [5, 5.41) is 12.9.